The van der Waals surface area contributed by atoms with Gasteiger partial charge >= 0.3 is 12.4 Å². The standard InChI is InChI=1S/C54H34F6N2/c1-61(2)45-25-13-37(14-26-45)7-19-41-33-39(17-5-35-9-21-43(22-10-35)53(55,56)57)47-30-32-50-42(20-8-38-15-27-46(28-16-38)62(3)4)34-40(48-29-31-49(41)51(47)52(48)50)18-6-36-11-23-44(24-12-36)54(58,59)60/h9-16,21-34H,1-4H3. The molecule has 0 bridgehead atoms. The largest absolute Gasteiger partial charge is 0.416 e. The van der Waals surface area contributed by atoms with E-state index < -0.39 is 23.5 Å². The van der Waals surface area contributed by atoms with Crippen molar-refractivity contribution in [3.8, 4) is 47.4 Å². The van der Waals surface area contributed by atoms with E-state index >= 15 is 0 Å². The number of benzene rings is 8. The minimum Gasteiger partial charge on any atom is -0.378 e. The first-order valence-electron chi connectivity index (χ1n) is 19.4. The van der Waals surface area contributed by atoms with Crippen LogP contribution in [-0.2, 0) is 12.4 Å². The molecule has 0 fully saturated rings. The van der Waals surface area contributed by atoms with Gasteiger partial charge in [-0.3, -0.25) is 0 Å². The number of hydrogen-bond acceptors (Lipinski definition) is 2. The van der Waals surface area contributed by atoms with Crippen LogP contribution in [0.15, 0.2) is 133 Å². The third kappa shape index (κ3) is 8.60. The average Bonchev–Trinajstić information content (AvgIpc) is 3.25. The summed E-state index contributed by atoms with van der Waals surface area (Å²) in [6.07, 6.45) is -8.95. The van der Waals surface area contributed by atoms with Crippen molar-refractivity contribution in [1.29, 1.82) is 0 Å². The highest BCUT2D eigenvalue weighted by Crippen LogP contribution is 2.40. The summed E-state index contributed by atoms with van der Waals surface area (Å²) in [6, 6.07) is 36.9. The summed E-state index contributed by atoms with van der Waals surface area (Å²) >= 11 is 0. The van der Waals surface area contributed by atoms with E-state index in [-0.39, 0.29) is 0 Å². The third-order valence-electron chi connectivity index (χ3n) is 10.5. The molecule has 0 aliphatic carbocycles. The van der Waals surface area contributed by atoms with Crippen LogP contribution in [0, 0.1) is 47.4 Å². The fourth-order valence-electron chi connectivity index (χ4n) is 7.14. The highest BCUT2D eigenvalue weighted by molar-refractivity contribution is 6.26. The molecule has 0 saturated carbocycles. The van der Waals surface area contributed by atoms with Crippen LogP contribution in [0.3, 0.4) is 0 Å². The molecule has 0 unspecified atom stereocenters. The Hall–Kier alpha value is -7.78. The lowest BCUT2D eigenvalue weighted by atomic mass is 9.86. The Morgan fingerprint density at radius 1 is 0.323 bits per heavy atom. The zero-order valence-electron chi connectivity index (χ0n) is 33.9. The maximum atomic E-state index is 13.4. The number of halogens is 6. The molecular formula is C54H34F6N2. The maximum Gasteiger partial charge on any atom is 0.416 e. The van der Waals surface area contributed by atoms with Crippen molar-refractivity contribution in [2.24, 2.45) is 0 Å². The van der Waals surface area contributed by atoms with Crippen LogP contribution in [0.25, 0.3) is 32.3 Å². The van der Waals surface area contributed by atoms with E-state index in [2.05, 4.69) is 47.4 Å². The van der Waals surface area contributed by atoms with Gasteiger partial charge in [-0.15, -0.1) is 0 Å². The molecule has 0 aromatic heterocycles. The summed E-state index contributed by atoms with van der Waals surface area (Å²) in [5.41, 5.74) is 5.58. The molecule has 2 nitrogen and oxygen atoms in total. The average molecular weight is 825 g/mol. The number of nitrogens with zero attached hydrogens (tertiary/aromatic N) is 2. The summed E-state index contributed by atoms with van der Waals surface area (Å²) in [5.74, 6) is 26.0. The Bertz CT molecular complexity index is 3020. The Balaban J connectivity index is 1.37. The van der Waals surface area contributed by atoms with Gasteiger partial charge in [-0.1, -0.05) is 71.6 Å². The molecule has 62 heavy (non-hydrogen) atoms. The monoisotopic (exact) mass is 824 g/mol. The van der Waals surface area contributed by atoms with Crippen molar-refractivity contribution in [3.05, 3.63) is 189 Å². The highest BCUT2D eigenvalue weighted by Gasteiger charge is 2.30. The molecule has 0 N–H and O–H groups in total. The van der Waals surface area contributed by atoms with Gasteiger partial charge in [0.25, 0.3) is 0 Å². The fraction of sp³-hybridized carbons (Fsp3) is 0.111. The van der Waals surface area contributed by atoms with Gasteiger partial charge in [-0.25, -0.2) is 0 Å². The van der Waals surface area contributed by atoms with E-state index in [1.165, 1.54) is 24.3 Å². The van der Waals surface area contributed by atoms with Gasteiger partial charge in [0.15, 0.2) is 0 Å². The Kier molecular flexibility index (Phi) is 10.8. The van der Waals surface area contributed by atoms with E-state index in [0.29, 0.717) is 33.4 Å². The SMILES string of the molecule is CN(C)c1ccc(C#Cc2cc(C#Cc3ccc(C(F)(F)F)cc3)c3ccc4c(C#Cc5ccc(N(C)C)cc5)cc(C#Cc5ccc(C(F)(F)F)cc5)c5ccc2c3c45)cc1. The maximum absolute atomic E-state index is 13.4. The van der Waals surface area contributed by atoms with Crippen molar-refractivity contribution >= 4 is 43.7 Å². The van der Waals surface area contributed by atoms with Gasteiger partial charge < -0.3 is 9.80 Å². The lowest BCUT2D eigenvalue weighted by molar-refractivity contribution is -0.138. The topological polar surface area (TPSA) is 6.48 Å². The minimum absolute atomic E-state index is 0.411. The highest BCUT2D eigenvalue weighted by atomic mass is 19.4. The smallest absolute Gasteiger partial charge is 0.378 e. The first kappa shape index (κ1) is 41.0. The Morgan fingerprint density at radius 2 is 0.565 bits per heavy atom. The van der Waals surface area contributed by atoms with Crippen LogP contribution < -0.4 is 9.80 Å². The van der Waals surface area contributed by atoms with Crippen LogP contribution in [0.4, 0.5) is 37.7 Å². The van der Waals surface area contributed by atoms with Crippen molar-refractivity contribution in [2.75, 3.05) is 38.0 Å². The summed E-state index contributed by atoms with van der Waals surface area (Å²) in [5, 5.41) is 4.99. The molecular weight excluding hydrogens is 791 g/mol. The second kappa shape index (κ2) is 16.3. The molecule has 0 spiro atoms. The molecule has 8 aromatic rings. The van der Waals surface area contributed by atoms with Gasteiger partial charge in [0.05, 0.1) is 11.1 Å². The van der Waals surface area contributed by atoms with Crippen LogP contribution in [0.5, 0.6) is 0 Å². The summed E-state index contributed by atoms with van der Waals surface area (Å²) in [7, 11) is 7.85. The van der Waals surface area contributed by atoms with Crippen LogP contribution in [-0.4, -0.2) is 28.2 Å². The minimum atomic E-state index is -4.47. The third-order valence-corrected chi connectivity index (χ3v) is 10.5. The van der Waals surface area contributed by atoms with Crippen LogP contribution in [0.2, 0.25) is 0 Å². The summed E-state index contributed by atoms with van der Waals surface area (Å²) in [6.45, 7) is 0. The molecule has 8 rings (SSSR count). The summed E-state index contributed by atoms with van der Waals surface area (Å²) < 4.78 is 80.1. The lowest BCUT2D eigenvalue weighted by Crippen LogP contribution is -2.07. The van der Waals surface area contributed by atoms with Gasteiger partial charge in [0.2, 0.25) is 0 Å². The molecule has 0 saturated heterocycles. The number of hydrogen-bond donors (Lipinski definition) is 0. The zero-order valence-corrected chi connectivity index (χ0v) is 33.9. The van der Waals surface area contributed by atoms with Crippen LogP contribution >= 0.6 is 0 Å². The number of rotatable bonds is 2. The van der Waals surface area contributed by atoms with Gasteiger partial charge in [0.1, 0.15) is 0 Å². The molecule has 0 amide bonds. The van der Waals surface area contributed by atoms with E-state index in [4.69, 9.17) is 0 Å². The van der Waals surface area contributed by atoms with Crippen molar-refractivity contribution in [1.82, 2.24) is 0 Å². The first-order chi connectivity index (χ1) is 29.6. The second-order valence-electron chi connectivity index (χ2n) is 15.0. The molecule has 8 heteroatoms. The molecule has 302 valence electrons. The molecule has 8 aromatic carbocycles. The fourth-order valence-corrected chi connectivity index (χ4v) is 7.14. The molecule has 0 aliphatic rings. The molecule has 0 heterocycles. The summed E-state index contributed by atoms with van der Waals surface area (Å²) in [4.78, 5) is 4.00. The van der Waals surface area contributed by atoms with Crippen molar-refractivity contribution in [3.63, 3.8) is 0 Å². The molecule has 0 aliphatic heterocycles. The Morgan fingerprint density at radius 3 is 0.790 bits per heavy atom. The van der Waals surface area contributed by atoms with E-state index in [0.717, 1.165) is 79.1 Å². The Labute approximate surface area is 355 Å². The first-order valence-corrected chi connectivity index (χ1v) is 19.4. The molecule has 0 atom stereocenters. The van der Waals surface area contributed by atoms with Gasteiger partial charge in [-0.2, -0.15) is 26.3 Å². The predicted octanol–water partition coefficient (Wildman–Crippen LogP) is 12.4. The van der Waals surface area contributed by atoms with E-state index in [1.807, 2.05) is 123 Å². The quantitative estimate of drug-likeness (QED) is 0.0973. The van der Waals surface area contributed by atoms with E-state index in [1.54, 1.807) is 0 Å². The van der Waals surface area contributed by atoms with Gasteiger partial charge in [0, 0.05) is 84.1 Å². The van der Waals surface area contributed by atoms with Crippen molar-refractivity contribution < 1.29 is 26.3 Å². The molecule has 0 radical (unpaired) electrons. The number of anilines is 2. The lowest BCUT2D eigenvalue weighted by Gasteiger charge is -2.16. The number of alkyl halides is 6. The van der Waals surface area contributed by atoms with Crippen LogP contribution in [0.1, 0.15) is 55.6 Å². The second-order valence-corrected chi connectivity index (χ2v) is 15.0. The zero-order chi connectivity index (χ0) is 43.8. The predicted molar refractivity (Wildman–Crippen MR) is 238 cm³/mol. The van der Waals surface area contributed by atoms with Gasteiger partial charge in [-0.05, 0) is 142 Å². The normalized spacial score (nSPS) is 11.2. The van der Waals surface area contributed by atoms with E-state index in [9.17, 15) is 26.3 Å². The van der Waals surface area contributed by atoms with Crippen molar-refractivity contribution in [2.45, 2.75) is 12.4 Å².